The van der Waals surface area contributed by atoms with Gasteiger partial charge in [-0.2, -0.15) is 8.42 Å². The van der Waals surface area contributed by atoms with Crippen molar-refractivity contribution in [3.8, 4) is 11.5 Å². The van der Waals surface area contributed by atoms with Gasteiger partial charge in [0, 0.05) is 131 Å². The zero-order valence-electron chi connectivity index (χ0n) is 51.9. The second-order valence-corrected chi connectivity index (χ2v) is 24.7. The number of pyridine rings is 4. The number of ether oxygens (including phenoxy) is 2. The van der Waals surface area contributed by atoms with Crippen LogP contribution in [0, 0.1) is 0 Å². The molecular weight excluding hydrogens is 1160 g/mol. The van der Waals surface area contributed by atoms with E-state index in [1.807, 2.05) is 85.5 Å². The molecule has 4 aliphatic rings. The number of hydrogen-bond acceptors (Lipinski definition) is 14. The molecule has 0 saturated heterocycles. The standard InChI is InChI=1S/C38H42N6O4.C29H32N6O2.CH4O3S/c1-4-41-18-6-5-7-20-42-24-30(28-12-10-16-39-35(28)42)33-34(31-25-43(21-9-8-19-41)36-29(31)13-11-17-40-36)38(46)44(37(33)45)23-26-14-15-27(47-2)22-32(26)48-3;1-2-33-14-4-3-5-16-34-18-22(20-10-8-12-30-26(20)34)24-25(29(37)32-28(24)36)23-19-35(17-7-6-15-33)27-21(23)11-9-13-31-27;1-5(2,3)4/h10-17,22,24-25H,4-9,18-21,23H2,1-3H3;8-13,18-19H,2-7,14-17H2,1H3,(H,32,36,37);1H3,(H,2,3,4). The Labute approximate surface area is 523 Å². The Morgan fingerprint density at radius 1 is 0.478 bits per heavy atom. The number of nitrogens with zero attached hydrogens (tertiary/aromatic N) is 11. The lowest BCUT2D eigenvalue weighted by Gasteiger charge is -2.20. The first kappa shape index (κ1) is 62.8. The van der Waals surface area contributed by atoms with E-state index in [1.54, 1.807) is 45.1 Å². The first-order valence-corrected chi connectivity index (χ1v) is 33.1. The van der Waals surface area contributed by atoms with Gasteiger partial charge in [-0.3, -0.25) is 33.9 Å². The largest absolute Gasteiger partial charge is 0.497 e. The second kappa shape index (κ2) is 27.9. The molecule has 0 atom stereocenters. The summed E-state index contributed by atoms with van der Waals surface area (Å²) in [6, 6.07) is 20.9. The summed E-state index contributed by atoms with van der Waals surface area (Å²) in [6.07, 6.45) is 26.6. The van der Waals surface area contributed by atoms with Crippen LogP contribution in [0.4, 0.5) is 0 Å². The van der Waals surface area contributed by atoms with Crippen LogP contribution < -0.4 is 14.8 Å². The van der Waals surface area contributed by atoms with Gasteiger partial charge >= 0.3 is 0 Å². The molecule has 90 heavy (non-hydrogen) atoms. The quantitative estimate of drug-likeness (QED) is 0.116. The van der Waals surface area contributed by atoms with Gasteiger partial charge in [0.05, 0.1) is 49.3 Å². The number of nitrogens with one attached hydrogen (secondary N) is 1. The summed E-state index contributed by atoms with van der Waals surface area (Å²) in [5.41, 5.74) is 8.59. The maximum atomic E-state index is 14.7. The molecule has 0 aliphatic carbocycles. The van der Waals surface area contributed by atoms with Crippen molar-refractivity contribution in [2.45, 2.75) is 111 Å². The van der Waals surface area contributed by atoms with Crippen LogP contribution in [0.15, 0.2) is 116 Å². The van der Waals surface area contributed by atoms with Crippen molar-refractivity contribution in [3.63, 3.8) is 0 Å². The van der Waals surface area contributed by atoms with Crippen molar-refractivity contribution in [2.24, 2.45) is 0 Å². The zero-order valence-corrected chi connectivity index (χ0v) is 52.7. The molecule has 21 nitrogen and oxygen atoms in total. The summed E-state index contributed by atoms with van der Waals surface area (Å²) in [5, 5.41) is 6.04. The first-order chi connectivity index (χ1) is 43.7. The Hall–Kier alpha value is -8.83. The number of methoxy groups -OCH3 is 2. The fraction of sp³-hybridized carbons (Fsp3) is 0.382. The lowest BCUT2D eigenvalue weighted by molar-refractivity contribution is -0.136. The number of fused-ring (bicyclic) bond motifs is 24. The van der Waals surface area contributed by atoms with E-state index < -0.39 is 10.1 Å². The van der Waals surface area contributed by atoms with Gasteiger partial charge in [0.15, 0.2) is 0 Å². The molecule has 0 radical (unpaired) electrons. The van der Waals surface area contributed by atoms with Crippen LogP contribution in [0.1, 0.15) is 106 Å². The Bertz CT molecular complexity index is 4340. The van der Waals surface area contributed by atoms with Crippen molar-refractivity contribution in [2.75, 3.05) is 59.7 Å². The summed E-state index contributed by atoms with van der Waals surface area (Å²) in [4.78, 5) is 81.1. The highest BCUT2D eigenvalue weighted by Gasteiger charge is 2.43. The van der Waals surface area contributed by atoms with E-state index in [0.717, 1.165) is 196 Å². The molecule has 4 aliphatic heterocycles. The highest BCUT2D eigenvalue weighted by atomic mass is 32.2. The highest BCUT2D eigenvalue weighted by Crippen LogP contribution is 2.44. The normalized spacial score (nSPS) is 17.1. The van der Waals surface area contributed by atoms with E-state index in [2.05, 4.69) is 57.2 Å². The van der Waals surface area contributed by atoms with E-state index in [4.69, 9.17) is 24.0 Å². The van der Waals surface area contributed by atoms with Crippen LogP contribution in [-0.4, -0.2) is 149 Å². The summed E-state index contributed by atoms with van der Waals surface area (Å²) in [7, 11) is -0.500. The lowest BCUT2D eigenvalue weighted by Crippen LogP contribution is -2.31. The third-order valence-electron chi connectivity index (χ3n) is 17.4. The molecule has 22 heteroatoms. The number of rotatable bonds is 6. The number of benzene rings is 1. The number of aromatic nitrogens is 8. The average Bonchev–Trinajstić information content (AvgIpc) is 1.64. The van der Waals surface area contributed by atoms with Crippen molar-refractivity contribution in [3.05, 3.63) is 144 Å². The molecule has 470 valence electrons. The van der Waals surface area contributed by atoms with Crippen LogP contribution in [0.5, 0.6) is 11.5 Å². The van der Waals surface area contributed by atoms with E-state index >= 15 is 0 Å². The van der Waals surface area contributed by atoms with Crippen molar-refractivity contribution < 1.29 is 41.6 Å². The molecule has 0 fully saturated rings. The minimum absolute atomic E-state index is 0.0551. The summed E-state index contributed by atoms with van der Waals surface area (Å²) < 4.78 is 45.5. The third kappa shape index (κ3) is 13.4. The maximum Gasteiger partial charge on any atom is 0.262 e. The topological polar surface area (TPSA) is 234 Å². The third-order valence-corrected chi connectivity index (χ3v) is 17.4. The maximum absolute atomic E-state index is 14.7. The number of amides is 4. The van der Waals surface area contributed by atoms with Gasteiger partial charge in [0.1, 0.15) is 34.1 Å². The smallest absolute Gasteiger partial charge is 0.262 e. The Kier molecular flexibility index (Phi) is 19.5. The minimum atomic E-state index is -3.67. The molecule has 12 heterocycles. The number of aryl methyl sites for hydroxylation is 4. The Morgan fingerprint density at radius 2 is 0.811 bits per heavy atom. The molecule has 8 aromatic heterocycles. The van der Waals surface area contributed by atoms with Crippen LogP contribution in [0.25, 0.3) is 66.4 Å². The monoisotopic (exact) mass is 1240 g/mol. The first-order valence-electron chi connectivity index (χ1n) is 31.2. The van der Waals surface area contributed by atoms with Gasteiger partial charge in [-0.05, 0) is 151 Å². The SMILES string of the molecule is CCN1CCCCCn2cc(c3cccnc32)C2=C(C(=O)N(Cc3ccc(OC)cc3OC)C2=O)c2cn(c3ncccc23)CCCC1.CCN1CCCCCn2cc(c3cccnc32)C2=C(C(=O)NC2=O)c2cn(c3ncccc23)CCCC1.CS(=O)(=O)O. The van der Waals surface area contributed by atoms with Gasteiger partial charge in [0.2, 0.25) is 0 Å². The second-order valence-electron chi connectivity index (χ2n) is 23.2. The Balaban J connectivity index is 0.000000177. The van der Waals surface area contributed by atoms with Gasteiger partial charge < -0.3 is 37.5 Å². The van der Waals surface area contributed by atoms with Crippen molar-refractivity contribution in [1.82, 2.24) is 58.2 Å². The molecule has 1 aromatic carbocycles. The van der Waals surface area contributed by atoms with Crippen molar-refractivity contribution >= 4 is 100 Å². The minimum Gasteiger partial charge on any atom is -0.497 e. The summed E-state index contributed by atoms with van der Waals surface area (Å²) in [6.45, 7) is 14.2. The molecular formula is C68H78N12O9S. The van der Waals surface area contributed by atoms with Crippen LogP contribution in [0.3, 0.4) is 0 Å². The van der Waals surface area contributed by atoms with Gasteiger partial charge in [-0.25, -0.2) is 19.9 Å². The van der Waals surface area contributed by atoms with Gasteiger partial charge in [-0.15, -0.1) is 0 Å². The lowest BCUT2D eigenvalue weighted by atomic mass is 9.96. The van der Waals surface area contributed by atoms with E-state index in [0.29, 0.717) is 45.6 Å². The predicted octanol–water partition coefficient (Wildman–Crippen LogP) is 9.91. The van der Waals surface area contributed by atoms with Crippen LogP contribution in [-0.2, 0) is 62.0 Å². The van der Waals surface area contributed by atoms with Crippen LogP contribution in [0.2, 0.25) is 0 Å². The fourth-order valence-corrected chi connectivity index (χ4v) is 13.0. The fourth-order valence-electron chi connectivity index (χ4n) is 13.0. The number of carbonyl (C=O) groups is 4. The molecule has 8 bridgehead atoms. The Morgan fingerprint density at radius 3 is 1.16 bits per heavy atom. The molecule has 0 unspecified atom stereocenters. The van der Waals surface area contributed by atoms with E-state index in [1.165, 1.54) is 4.90 Å². The number of carbonyl (C=O) groups excluding carboxylic acids is 4. The van der Waals surface area contributed by atoms with Gasteiger partial charge in [-0.1, -0.05) is 26.7 Å². The highest BCUT2D eigenvalue weighted by molar-refractivity contribution is 7.85. The molecule has 2 N–H and O–H groups in total. The summed E-state index contributed by atoms with van der Waals surface area (Å²) >= 11 is 0. The number of hydrogen-bond donors (Lipinski definition) is 2. The number of imide groups is 2. The van der Waals surface area contributed by atoms with Gasteiger partial charge in [0.25, 0.3) is 33.7 Å². The predicted molar refractivity (Wildman–Crippen MR) is 349 cm³/mol. The zero-order chi connectivity index (χ0) is 63.1. The van der Waals surface area contributed by atoms with Crippen molar-refractivity contribution in [1.29, 1.82) is 0 Å². The molecule has 9 aromatic rings. The van der Waals surface area contributed by atoms with E-state index in [9.17, 15) is 27.6 Å². The average molecular weight is 1240 g/mol. The molecule has 0 saturated carbocycles. The molecule has 13 rings (SSSR count). The molecule has 4 amide bonds. The van der Waals surface area contributed by atoms with E-state index in [-0.39, 0.29) is 30.2 Å². The molecule has 0 spiro atoms. The van der Waals surface area contributed by atoms with Crippen LogP contribution >= 0.6 is 0 Å². The summed E-state index contributed by atoms with van der Waals surface area (Å²) in [5.74, 6) is -0.219.